The van der Waals surface area contributed by atoms with E-state index >= 15 is 0 Å². The van der Waals surface area contributed by atoms with Crippen LogP contribution in [0.2, 0.25) is 0 Å². The van der Waals surface area contributed by atoms with E-state index in [1.54, 1.807) is 0 Å². The standard InChI is InChI=1S/C12H10N.Rh/c1-2-6-11(7-3-1)10-12-8-4-5-9-13-12;/h1-6,8-9H,10H2;/q-1;. The maximum atomic E-state index is 4.25. The molecule has 1 radical (unpaired) electrons. The number of hydrogen-bond donors (Lipinski definition) is 0. The molecule has 1 nitrogen and oxygen atoms in total. The Hall–Kier alpha value is -1.01. The molecule has 14 heavy (non-hydrogen) atoms. The van der Waals surface area contributed by atoms with Crippen molar-refractivity contribution in [3.8, 4) is 0 Å². The molecule has 2 rings (SSSR count). The first-order chi connectivity index (χ1) is 6.45. The summed E-state index contributed by atoms with van der Waals surface area (Å²) in [7, 11) is 0. The molecule has 0 bridgehead atoms. The second-order valence-corrected chi connectivity index (χ2v) is 2.89. The van der Waals surface area contributed by atoms with Gasteiger partial charge in [-0.25, -0.2) is 0 Å². The zero-order valence-electron chi connectivity index (χ0n) is 7.61. The molecule has 0 fully saturated rings. The normalized spacial score (nSPS) is 9.14. The van der Waals surface area contributed by atoms with Crippen LogP contribution in [-0.4, -0.2) is 4.98 Å². The first kappa shape index (κ1) is 11.1. The van der Waals surface area contributed by atoms with Crippen molar-refractivity contribution in [2.75, 3.05) is 0 Å². The summed E-state index contributed by atoms with van der Waals surface area (Å²) in [4.78, 5) is 4.25. The van der Waals surface area contributed by atoms with Crippen molar-refractivity contribution in [1.82, 2.24) is 4.98 Å². The second-order valence-electron chi connectivity index (χ2n) is 2.89. The molecule has 2 aromatic rings. The molecule has 0 atom stereocenters. The Kier molecular flexibility index (Phi) is 4.48. The average molecular weight is 271 g/mol. The van der Waals surface area contributed by atoms with Gasteiger partial charge in [-0.05, 0) is 18.6 Å². The van der Waals surface area contributed by atoms with Gasteiger partial charge in [0.05, 0.1) is 0 Å². The summed E-state index contributed by atoms with van der Waals surface area (Å²) >= 11 is 0. The minimum absolute atomic E-state index is 0. The van der Waals surface area contributed by atoms with Crippen molar-refractivity contribution < 1.29 is 19.5 Å². The van der Waals surface area contributed by atoms with Crippen LogP contribution in [0.15, 0.2) is 48.7 Å². The van der Waals surface area contributed by atoms with Crippen LogP contribution in [0.5, 0.6) is 0 Å². The van der Waals surface area contributed by atoms with Crippen molar-refractivity contribution in [3.63, 3.8) is 0 Å². The molecule has 0 amide bonds. The maximum absolute atomic E-state index is 4.25. The quantitative estimate of drug-likeness (QED) is 0.604. The van der Waals surface area contributed by atoms with Gasteiger partial charge in [0.1, 0.15) is 0 Å². The third kappa shape index (κ3) is 3.04. The SMILES string of the molecule is [Rh].[c-]1ccccc1Cc1ccccn1. The van der Waals surface area contributed by atoms with Gasteiger partial charge in [0.25, 0.3) is 0 Å². The van der Waals surface area contributed by atoms with E-state index in [9.17, 15) is 0 Å². The van der Waals surface area contributed by atoms with E-state index in [2.05, 4.69) is 17.1 Å². The van der Waals surface area contributed by atoms with Crippen LogP contribution in [0, 0.1) is 6.07 Å². The number of hydrogen-bond acceptors (Lipinski definition) is 1. The van der Waals surface area contributed by atoms with Gasteiger partial charge in [-0.1, -0.05) is 6.07 Å². The third-order valence-electron chi connectivity index (χ3n) is 1.87. The molecule has 1 aromatic carbocycles. The maximum Gasteiger partial charge on any atom is 0.0426 e. The Balaban J connectivity index is 0.000000980. The molecule has 0 aliphatic carbocycles. The monoisotopic (exact) mass is 271 g/mol. The van der Waals surface area contributed by atoms with Crippen molar-refractivity contribution in [1.29, 1.82) is 0 Å². The molecular formula is C12H10NRh-. The fourth-order valence-corrected chi connectivity index (χ4v) is 1.24. The first-order valence-corrected chi connectivity index (χ1v) is 4.30. The number of benzene rings is 1. The molecule has 0 aliphatic rings. The first-order valence-electron chi connectivity index (χ1n) is 4.30. The molecular weight excluding hydrogens is 261 g/mol. The van der Waals surface area contributed by atoms with Gasteiger partial charge >= 0.3 is 0 Å². The van der Waals surface area contributed by atoms with Crippen LogP contribution >= 0.6 is 0 Å². The van der Waals surface area contributed by atoms with Crippen molar-refractivity contribution in [2.45, 2.75) is 6.42 Å². The summed E-state index contributed by atoms with van der Waals surface area (Å²) in [5.41, 5.74) is 2.27. The number of nitrogens with zero attached hydrogens (tertiary/aromatic N) is 1. The predicted molar refractivity (Wildman–Crippen MR) is 52.3 cm³/mol. The largest absolute Gasteiger partial charge is 0.261 e. The Morgan fingerprint density at radius 2 is 1.93 bits per heavy atom. The van der Waals surface area contributed by atoms with Crippen molar-refractivity contribution >= 4 is 0 Å². The third-order valence-corrected chi connectivity index (χ3v) is 1.87. The summed E-state index contributed by atoms with van der Waals surface area (Å²) in [5, 5.41) is 0. The molecule has 1 heterocycles. The van der Waals surface area contributed by atoms with Crippen LogP contribution in [0.25, 0.3) is 0 Å². The van der Waals surface area contributed by atoms with Gasteiger partial charge in [0.15, 0.2) is 0 Å². The van der Waals surface area contributed by atoms with E-state index in [0.29, 0.717) is 0 Å². The minimum atomic E-state index is 0. The summed E-state index contributed by atoms with van der Waals surface area (Å²) < 4.78 is 0. The van der Waals surface area contributed by atoms with Crippen LogP contribution in [0.4, 0.5) is 0 Å². The average Bonchev–Trinajstić information content (AvgIpc) is 2.21. The number of aromatic nitrogens is 1. The van der Waals surface area contributed by atoms with Gasteiger partial charge < -0.3 is 0 Å². The van der Waals surface area contributed by atoms with Gasteiger partial charge in [0, 0.05) is 31.4 Å². The number of pyridine rings is 1. The molecule has 0 unspecified atom stereocenters. The molecule has 0 saturated carbocycles. The topological polar surface area (TPSA) is 12.9 Å². The van der Waals surface area contributed by atoms with E-state index in [4.69, 9.17) is 0 Å². The molecule has 0 spiro atoms. The minimum Gasteiger partial charge on any atom is -0.261 e. The summed E-state index contributed by atoms with van der Waals surface area (Å²) in [6, 6.07) is 17.1. The van der Waals surface area contributed by atoms with Gasteiger partial charge in [0.2, 0.25) is 0 Å². The smallest absolute Gasteiger partial charge is 0.0426 e. The van der Waals surface area contributed by atoms with E-state index in [-0.39, 0.29) is 19.5 Å². The van der Waals surface area contributed by atoms with E-state index < -0.39 is 0 Å². The van der Waals surface area contributed by atoms with Crippen LogP contribution in [0.1, 0.15) is 11.3 Å². The van der Waals surface area contributed by atoms with Crippen LogP contribution < -0.4 is 0 Å². The molecule has 73 valence electrons. The molecule has 1 aromatic heterocycles. The van der Waals surface area contributed by atoms with E-state index in [0.717, 1.165) is 12.1 Å². The van der Waals surface area contributed by atoms with Crippen LogP contribution in [-0.2, 0) is 25.9 Å². The Morgan fingerprint density at radius 3 is 2.57 bits per heavy atom. The summed E-state index contributed by atoms with van der Waals surface area (Å²) in [6.45, 7) is 0. The van der Waals surface area contributed by atoms with E-state index in [1.165, 1.54) is 5.56 Å². The fourth-order valence-electron chi connectivity index (χ4n) is 1.24. The Morgan fingerprint density at radius 1 is 1.07 bits per heavy atom. The zero-order chi connectivity index (χ0) is 8.93. The number of rotatable bonds is 2. The second kappa shape index (κ2) is 5.67. The molecule has 0 N–H and O–H groups in total. The summed E-state index contributed by atoms with van der Waals surface area (Å²) in [5.74, 6) is 0. The Bertz CT molecular complexity index is 321. The zero-order valence-corrected chi connectivity index (χ0v) is 9.25. The molecule has 0 aliphatic heterocycles. The predicted octanol–water partition coefficient (Wildman–Crippen LogP) is 2.47. The van der Waals surface area contributed by atoms with E-state index in [1.807, 2.05) is 42.6 Å². The fraction of sp³-hybridized carbons (Fsp3) is 0.0833. The molecule has 2 heteroatoms. The summed E-state index contributed by atoms with van der Waals surface area (Å²) in [6.07, 6.45) is 2.68. The van der Waals surface area contributed by atoms with Gasteiger partial charge in [-0.2, -0.15) is 35.9 Å². The van der Waals surface area contributed by atoms with Crippen LogP contribution in [0.3, 0.4) is 0 Å². The molecule has 0 saturated heterocycles. The Labute approximate surface area is 97.0 Å². The van der Waals surface area contributed by atoms with Crippen molar-refractivity contribution in [3.05, 3.63) is 66.0 Å². The van der Waals surface area contributed by atoms with Crippen molar-refractivity contribution in [2.24, 2.45) is 0 Å². The van der Waals surface area contributed by atoms with Gasteiger partial charge in [-0.3, -0.25) is 4.98 Å². The van der Waals surface area contributed by atoms with Gasteiger partial charge in [-0.15, -0.1) is 0 Å².